The lowest BCUT2D eigenvalue weighted by Gasteiger charge is -2.19. The normalized spacial score (nSPS) is 11.6. The molecule has 1 N–H and O–H groups in total. The van der Waals surface area contributed by atoms with Crippen LogP contribution in [-0.4, -0.2) is 14.7 Å². The van der Waals surface area contributed by atoms with Crippen LogP contribution in [0.15, 0.2) is 182 Å². The summed E-state index contributed by atoms with van der Waals surface area (Å²) in [5.41, 5.74) is 11.3. The van der Waals surface area contributed by atoms with Crippen LogP contribution in [0.5, 0.6) is 0 Å². The fourth-order valence-corrected chi connectivity index (χ4v) is 8.31. The molecule has 256 valence electrons. The Balaban J connectivity index is 1.23. The minimum atomic E-state index is -0.325. The van der Waals surface area contributed by atoms with Crippen LogP contribution in [0.1, 0.15) is 5.56 Å². The highest BCUT2D eigenvalue weighted by atomic mass is 19.1. The van der Waals surface area contributed by atoms with Crippen LogP contribution in [0.2, 0.25) is 0 Å². The Morgan fingerprint density at radius 1 is 0.481 bits per heavy atom. The van der Waals surface area contributed by atoms with Crippen LogP contribution in [0, 0.1) is 5.82 Å². The minimum Gasteiger partial charge on any atom is -0.392 e. The average Bonchev–Trinajstić information content (AvgIpc) is 3.57. The average molecular weight is 697 g/mol. The van der Waals surface area contributed by atoms with Gasteiger partial charge in [-0.05, 0) is 108 Å². The number of benzene rings is 8. The second kappa shape index (κ2) is 13.0. The van der Waals surface area contributed by atoms with E-state index in [0.29, 0.717) is 5.69 Å². The van der Waals surface area contributed by atoms with E-state index in [1.165, 1.54) is 0 Å². The standard InChI is InChI=1S/C50H33FN2O/c51-44-28-36(49-40-20-9-7-18-38(40)48(39-19-8-10-21-41(39)49)35-17-11-12-32(26-35)31-54)22-23-45(44)53-46-29-37(33-13-3-1-4-14-33)27-43(34-15-5-2-6-16-34)50(46)42-24-25-52-30-47(42)53/h1-30,54H,31H2. The number of hydrogen-bond donors (Lipinski definition) is 1. The van der Waals surface area contributed by atoms with Crippen molar-refractivity contribution in [1.29, 1.82) is 0 Å². The second-order valence-corrected chi connectivity index (χ2v) is 13.7. The number of aromatic nitrogens is 2. The SMILES string of the molecule is OCc1cccc(-c2c3ccccc3c(-c3ccc(-n4c5cnccc5c5c(-c6ccccc6)cc(-c6ccccc6)cc54)c(F)c3)c3ccccc23)c1. The van der Waals surface area contributed by atoms with E-state index in [4.69, 9.17) is 0 Å². The van der Waals surface area contributed by atoms with Gasteiger partial charge in [0.05, 0.1) is 29.5 Å². The summed E-state index contributed by atoms with van der Waals surface area (Å²) in [7, 11) is 0. The minimum absolute atomic E-state index is 0.0312. The van der Waals surface area contributed by atoms with Gasteiger partial charge < -0.3 is 9.67 Å². The molecular weight excluding hydrogens is 664 g/mol. The third-order valence-corrected chi connectivity index (χ3v) is 10.7. The number of fused-ring (bicyclic) bond motifs is 5. The first kappa shape index (κ1) is 31.8. The van der Waals surface area contributed by atoms with Gasteiger partial charge >= 0.3 is 0 Å². The maximum Gasteiger partial charge on any atom is 0.147 e. The molecule has 4 heteroatoms. The first-order valence-corrected chi connectivity index (χ1v) is 18.1. The third-order valence-electron chi connectivity index (χ3n) is 10.7. The molecule has 0 saturated heterocycles. The highest BCUT2D eigenvalue weighted by Crippen LogP contribution is 2.45. The number of hydrogen-bond acceptors (Lipinski definition) is 2. The van der Waals surface area contributed by atoms with Crippen molar-refractivity contribution in [2.24, 2.45) is 0 Å². The first-order chi connectivity index (χ1) is 26.7. The Labute approximate surface area is 311 Å². The van der Waals surface area contributed by atoms with Crippen molar-refractivity contribution in [3.63, 3.8) is 0 Å². The molecule has 0 amide bonds. The lowest BCUT2D eigenvalue weighted by Crippen LogP contribution is -1.99. The fourth-order valence-electron chi connectivity index (χ4n) is 8.31. The maximum atomic E-state index is 17.2. The van der Waals surface area contributed by atoms with E-state index < -0.39 is 0 Å². The van der Waals surface area contributed by atoms with E-state index in [2.05, 4.69) is 89.9 Å². The van der Waals surface area contributed by atoms with Crippen molar-refractivity contribution >= 4 is 43.4 Å². The Bertz CT molecular complexity index is 2980. The van der Waals surface area contributed by atoms with Crippen molar-refractivity contribution in [2.45, 2.75) is 6.61 Å². The van der Waals surface area contributed by atoms with Crippen molar-refractivity contribution < 1.29 is 9.50 Å². The van der Waals surface area contributed by atoms with E-state index in [1.54, 1.807) is 6.07 Å². The van der Waals surface area contributed by atoms with Gasteiger partial charge in [0.1, 0.15) is 5.82 Å². The van der Waals surface area contributed by atoms with Crippen LogP contribution in [0.3, 0.4) is 0 Å². The summed E-state index contributed by atoms with van der Waals surface area (Å²) in [5.74, 6) is -0.325. The molecule has 2 heterocycles. The number of nitrogens with zero attached hydrogens (tertiary/aromatic N) is 2. The number of aliphatic hydroxyl groups excluding tert-OH is 1. The molecule has 10 aromatic rings. The zero-order valence-electron chi connectivity index (χ0n) is 29.2. The van der Waals surface area contributed by atoms with E-state index >= 15 is 4.39 Å². The van der Waals surface area contributed by atoms with Crippen LogP contribution in [-0.2, 0) is 6.61 Å². The summed E-state index contributed by atoms with van der Waals surface area (Å²) in [4.78, 5) is 4.53. The maximum absolute atomic E-state index is 17.2. The molecule has 0 spiro atoms. The highest BCUT2D eigenvalue weighted by molar-refractivity contribution is 6.21. The quantitative estimate of drug-likeness (QED) is 0.176. The molecule has 0 radical (unpaired) electrons. The van der Waals surface area contributed by atoms with Crippen molar-refractivity contribution in [3.05, 3.63) is 194 Å². The first-order valence-electron chi connectivity index (χ1n) is 18.1. The predicted octanol–water partition coefficient (Wildman–Crippen LogP) is 12.8. The van der Waals surface area contributed by atoms with Gasteiger partial charge in [0.15, 0.2) is 0 Å². The van der Waals surface area contributed by atoms with Crippen LogP contribution in [0.25, 0.3) is 93.5 Å². The molecule has 3 nitrogen and oxygen atoms in total. The van der Waals surface area contributed by atoms with Gasteiger partial charge in [-0.25, -0.2) is 4.39 Å². The molecular formula is C50H33FN2O. The Morgan fingerprint density at radius 2 is 1.07 bits per heavy atom. The van der Waals surface area contributed by atoms with Gasteiger partial charge in [0.25, 0.3) is 0 Å². The second-order valence-electron chi connectivity index (χ2n) is 13.7. The van der Waals surface area contributed by atoms with Crippen LogP contribution >= 0.6 is 0 Å². The molecule has 10 rings (SSSR count). The zero-order chi connectivity index (χ0) is 36.2. The van der Waals surface area contributed by atoms with E-state index in [-0.39, 0.29) is 12.4 Å². The van der Waals surface area contributed by atoms with E-state index in [0.717, 1.165) is 93.4 Å². The monoisotopic (exact) mass is 696 g/mol. The van der Waals surface area contributed by atoms with Crippen LogP contribution < -0.4 is 0 Å². The largest absolute Gasteiger partial charge is 0.392 e. The zero-order valence-corrected chi connectivity index (χ0v) is 29.2. The summed E-state index contributed by atoms with van der Waals surface area (Å²) >= 11 is 0. The van der Waals surface area contributed by atoms with Crippen LogP contribution in [0.4, 0.5) is 4.39 Å². The van der Waals surface area contributed by atoms with Gasteiger partial charge in [-0.3, -0.25) is 4.98 Å². The summed E-state index contributed by atoms with van der Waals surface area (Å²) in [5, 5.41) is 16.2. The van der Waals surface area contributed by atoms with Gasteiger partial charge in [-0.1, -0.05) is 133 Å². The molecule has 0 aliphatic heterocycles. The van der Waals surface area contributed by atoms with Crippen molar-refractivity contribution in [2.75, 3.05) is 0 Å². The van der Waals surface area contributed by atoms with Gasteiger partial charge in [-0.2, -0.15) is 0 Å². The van der Waals surface area contributed by atoms with E-state index in [9.17, 15) is 5.11 Å². The molecule has 0 saturated carbocycles. The number of halogens is 1. The molecule has 0 atom stereocenters. The molecule has 54 heavy (non-hydrogen) atoms. The number of rotatable bonds is 6. The summed E-state index contributed by atoms with van der Waals surface area (Å²) in [6.45, 7) is -0.0312. The molecule has 0 aliphatic carbocycles. The lowest BCUT2D eigenvalue weighted by molar-refractivity contribution is 0.282. The number of pyridine rings is 1. The Morgan fingerprint density at radius 3 is 1.70 bits per heavy atom. The molecule has 2 aromatic heterocycles. The topological polar surface area (TPSA) is 38.0 Å². The third kappa shape index (κ3) is 5.11. The van der Waals surface area contributed by atoms with Crippen molar-refractivity contribution in [1.82, 2.24) is 9.55 Å². The highest BCUT2D eigenvalue weighted by Gasteiger charge is 2.22. The Hall–Kier alpha value is -6.88. The van der Waals surface area contributed by atoms with Gasteiger partial charge in [-0.15, -0.1) is 0 Å². The lowest BCUT2D eigenvalue weighted by atomic mass is 9.85. The predicted molar refractivity (Wildman–Crippen MR) is 221 cm³/mol. The van der Waals surface area contributed by atoms with E-state index in [1.807, 2.05) is 95.8 Å². The fraction of sp³-hybridized carbons (Fsp3) is 0.0200. The summed E-state index contributed by atoms with van der Waals surface area (Å²) in [6, 6.07) is 57.6. The van der Waals surface area contributed by atoms with Crippen molar-refractivity contribution in [3.8, 4) is 50.2 Å². The smallest absolute Gasteiger partial charge is 0.147 e. The number of aliphatic hydroxyl groups is 1. The summed E-state index contributed by atoms with van der Waals surface area (Å²) < 4.78 is 19.2. The van der Waals surface area contributed by atoms with Gasteiger partial charge in [0.2, 0.25) is 0 Å². The molecule has 0 fully saturated rings. The molecule has 0 bridgehead atoms. The molecule has 0 unspecified atom stereocenters. The molecule has 0 aliphatic rings. The molecule has 8 aromatic carbocycles. The van der Waals surface area contributed by atoms with Gasteiger partial charge in [0, 0.05) is 17.0 Å². The summed E-state index contributed by atoms with van der Waals surface area (Å²) in [6.07, 6.45) is 3.65. The Kier molecular flexibility index (Phi) is 7.64.